The number of allylic oxidation sites excluding steroid dienone is 1. The number of hydrogen-bond acceptors (Lipinski definition) is 1. The molecule has 1 aliphatic carbocycles. The molecule has 0 N–H and O–H groups in total. The van der Waals surface area contributed by atoms with Crippen LogP contribution in [0.25, 0.3) is 22.8 Å². The summed E-state index contributed by atoms with van der Waals surface area (Å²) in [7, 11) is 1.24. The summed E-state index contributed by atoms with van der Waals surface area (Å²) >= 11 is 0. The molecule has 0 radical (unpaired) electrons. The Morgan fingerprint density at radius 2 is 1.55 bits per heavy atom. The van der Waals surface area contributed by atoms with E-state index < -0.39 is 17.5 Å². The lowest BCUT2D eigenvalue weighted by molar-refractivity contribution is 0.372. The molecular formula is C28H26F4O. The highest BCUT2D eigenvalue weighted by Crippen LogP contribution is 2.37. The number of fused-ring (bicyclic) bond motifs is 1. The molecule has 3 aromatic carbocycles. The molecule has 3 aromatic rings. The van der Waals surface area contributed by atoms with Gasteiger partial charge in [-0.05, 0) is 78.3 Å². The third-order valence-corrected chi connectivity index (χ3v) is 6.23. The summed E-state index contributed by atoms with van der Waals surface area (Å²) in [4.78, 5) is 0. The lowest BCUT2D eigenvalue weighted by Crippen LogP contribution is -2.04. The van der Waals surface area contributed by atoms with E-state index in [-0.39, 0.29) is 22.7 Å². The fourth-order valence-corrected chi connectivity index (χ4v) is 4.38. The maximum atomic E-state index is 14.9. The summed E-state index contributed by atoms with van der Waals surface area (Å²) in [5.41, 5.74) is 3.56. The number of aryl methyl sites for hydroxylation is 2. The highest BCUT2D eigenvalue weighted by atomic mass is 19.2. The summed E-state index contributed by atoms with van der Waals surface area (Å²) in [6.45, 7) is 2.13. The zero-order chi connectivity index (χ0) is 23.5. The largest absolute Gasteiger partial charge is 0.494 e. The van der Waals surface area contributed by atoms with Crippen molar-refractivity contribution < 1.29 is 22.3 Å². The summed E-state index contributed by atoms with van der Waals surface area (Å²) in [6, 6.07) is 10.8. The van der Waals surface area contributed by atoms with Gasteiger partial charge in [-0.25, -0.2) is 13.2 Å². The Kier molecular flexibility index (Phi) is 6.87. The van der Waals surface area contributed by atoms with E-state index in [1.54, 1.807) is 24.3 Å². The van der Waals surface area contributed by atoms with Gasteiger partial charge >= 0.3 is 0 Å². The van der Waals surface area contributed by atoms with Crippen LogP contribution in [0.2, 0.25) is 0 Å². The first kappa shape index (κ1) is 23.1. The maximum Gasteiger partial charge on any atom is 0.201 e. The minimum absolute atomic E-state index is 0.00716. The van der Waals surface area contributed by atoms with Gasteiger partial charge in [0, 0.05) is 16.7 Å². The van der Waals surface area contributed by atoms with Crippen LogP contribution in [0.4, 0.5) is 17.6 Å². The molecule has 172 valence electrons. The average Bonchev–Trinajstić information content (AvgIpc) is 2.80. The SMILES string of the molecule is CCCCCc1ccc(C2=Cc3cc(F)c(-c4ccc(OC)c(F)c4F)cc3CC2)c(F)c1. The molecule has 5 heteroatoms. The summed E-state index contributed by atoms with van der Waals surface area (Å²) in [6.07, 6.45) is 7.02. The number of methoxy groups -OCH3 is 1. The molecular weight excluding hydrogens is 428 g/mol. The molecule has 33 heavy (non-hydrogen) atoms. The number of halogens is 4. The van der Waals surface area contributed by atoms with Crippen molar-refractivity contribution in [2.45, 2.75) is 45.4 Å². The molecule has 0 aromatic heterocycles. The van der Waals surface area contributed by atoms with Crippen LogP contribution in [0.1, 0.15) is 54.9 Å². The van der Waals surface area contributed by atoms with Crippen molar-refractivity contribution in [2.24, 2.45) is 0 Å². The third kappa shape index (κ3) is 4.68. The van der Waals surface area contributed by atoms with Crippen molar-refractivity contribution in [2.75, 3.05) is 7.11 Å². The normalized spacial score (nSPS) is 13.0. The molecule has 1 aliphatic rings. The minimum Gasteiger partial charge on any atom is -0.494 e. The maximum absolute atomic E-state index is 14.9. The molecule has 1 nitrogen and oxygen atoms in total. The Morgan fingerprint density at radius 3 is 2.27 bits per heavy atom. The Balaban J connectivity index is 1.65. The van der Waals surface area contributed by atoms with Gasteiger partial charge in [-0.15, -0.1) is 0 Å². The lowest BCUT2D eigenvalue weighted by Gasteiger charge is -2.19. The molecule has 4 rings (SSSR count). The fourth-order valence-electron chi connectivity index (χ4n) is 4.38. The predicted molar refractivity (Wildman–Crippen MR) is 124 cm³/mol. The van der Waals surface area contributed by atoms with Gasteiger partial charge in [0.15, 0.2) is 11.6 Å². The van der Waals surface area contributed by atoms with Crippen LogP contribution >= 0.6 is 0 Å². The van der Waals surface area contributed by atoms with E-state index in [0.717, 1.165) is 42.4 Å². The first-order valence-corrected chi connectivity index (χ1v) is 11.3. The molecule has 0 heterocycles. The second kappa shape index (κ2) is 9.82. The zero-order valence-electron chi connectivity index (χ0n) is 18.8. The van der Waals surface area contributed by atoms with Gasteiger partial charge in [-0.2, -0.15) is 4.39 Å². The van der Waals surface area contributed by atoms with Crippen molar-refractivity contribution in [1.29, 1.82) is 0 Å². The molecule has 0 atom stereocenters. The molecule has 0 unspecified atom stereocenters. The van der Waals surface area contributed by atoms with E-state index in [4.69, 9.17) is 4.74 Å². The van der Waals surface area contributed by atoms with E-state index in [2.05, 4.69) is 6.92 Å². The van der Waals surface area contributed by atoms with Crippen LogP contribution in [0.15, 0.2) is 42.5 Å². The summed E-state index contributed by atoms with van der Waals surface area (Å²) < 4.78 is 63.2. The smallest absolute Gasteiger partial charge is 0.201 e. The van der Waals surface area contributed by atoms with E-state index in [0.29, 0.717) is 24.0 Å². The van der Waals surface area contributed by atoms with E-state index in [9.17, 15) is 17.6 Å². The predicted octanol–water partition coefficient (Wildman–Crippen LogP) is 8.14. The van der Waals surface area contributed by atoms with Gasteiger partial charge in [0.1, 0.15) is 11.6 Å². The quantitative estimate of drug-likeness (QED) is 0.259. The molecule has 0 bridgehead atoms. The van der Waals surface area contributed by atoms with Crippen LogP contribution in [-0.4, -0.2) is 7.11 Å². The van der Waals surface area contributed by atoms with Crippen molar-refractivity contribution >= 4 is 11.6 Å². The fraction of sp³-hybridized carbons (Fsp3) is 0.286. The van der Waals surface area contributed by atoms with Gasteiger partial charge in [-0.3, -0.25) is 0 Å². The number of benzene rings is 3. The van der Waals surface area contributed by atoms with E-state index >= 15 is 0 Å². The summed E-state index contributed by atoms with van der Waals surface area (Å²) in [5.74, 6) is -3.47. The second-order valence-electron chi connectivity index (χ2n) is 8.42. The van der Waals surface area contributed by atoms with Gasteiger partial charge in [0.05, 0.1) is 7.11 Å². The van der Waals surface area contributed by atoms with Crippen molar-refractivity contribution in [3.05, 3.63) is 88.0 Å². The van der Waals surface area contributed by atoms with Gasteiger partial charge in [0.25, 0.3) is 0 Å². The molecule has 0 saturated carbocycles. The van der Waals surface area contributed by atoms with Crippen LogP contribution in [0, 0.1) is 23.3 Å². The Hall–Kier alpha value is -3.08. The summed E-state index contributed by atoms with van der Waals surface area (Å²) in [5, 5.41) is 0. The number of hydrogen-bond donors (Lipinski definition) is 0. The monoisotopic (exact) mass is 454 g/mol. The average molecular weight is 455 g/mol. The van der Waals surface area contributed by atoms with Crippen LogP contribution < -0.4 is 4.74 Å². The minimum atomic E-state index is -1.15. The van der Waals surface area contributed by atoms with Gasteiger partial charge in [-0.1, -0.05) is 38.0 Å². The molecule has 0 aliphatic heterocycles. The third-order valence-electron chi connectivity index (χ3n) is 6.23. The Labute approximate surface area is 191 Å². The zero-order valence-corrected chi connectivity index (χ0v) is 18.8. The Morgan fingerprint density at radius 1 is 0.788 bits per heavy atom. The topological polar surface area (TPSA) is 9.23 Å². The number of unbranched alkanes of at least 4 members (excludes halogenated alkanes) is 2. The molecule has 0 spiro atoms. The highest BCUT2D eigenvalue weighted by Gasteiger charge is 2.21. The van der Waals surface area contributed by atoms with E-state index in [1.807, 2.05) is 6.07 Å². The molecule has 0 fully saturated rings. The van der Waals surface area contributed by atoms with Crippen LogP contribution in [-0.2, 0) is 12.8 Å². The molecule has 0 saturated heterocycles. The first-order valence-electron chi connectivity index (χ1n) is 11.3. The second-order valence-corrected chi connectivity index (χ2v) is 8.42. The van der Waals surface area contributed by atoms with Gasteiger partial charge < -0.3 is 4.74 Å². The lowest BCUT2D eigenvalue weighted by atomic mass is 9.86. The van der Waals surface area contributed by atoms with Crippen LogP contribution in [0.5, 0.6) is 5.75 Å². The molecule has 0 amide bonds. The van der Waals surface area contributed by atoms with E-state index in [1.165, 1.54) is 25.3 Å². The Bertz CT molecular complexity index is 1210. The standard InChI is InChI=1S/C28H26F4O/c1-3-4-5-6-17-7-10-21(24(29)13-17)19-9-8-18-15-23(25(30)16-20(18)14-19)22-11-12-26(33-2)28(32)27(22)31/h7,10-16H,3-6,8-9H2,1-2H3. The van der Waals surface area contributed by atoms with Crippen molar-refractivity contribution in [1.82, 2.24) is 0 Å². The van der Waals surface area contributed by atoms with Crippen molar-refractivity contribution in [3.8, 4) is 16.9 Å². The first-order chi connectivity index (χ1) is 15.9. The van der Waals surface area contributed by atoms with Gasteiger partial charge in [0.2, 0.25) is 5.82 Å². The van der Waals surface area contributed by atoms with Crippen LogP contribution in [0.3, 0.4) is 0 Å². The highest BCUT2D eigenvalue weighted by molar-refractivity contribution is 5.85. The number of rotatable bonds is 7. The van der Waals surface area contributed by atoms with Crippen molar-refractivity contribution in [3.63, 3.8) is 0 Å². The number of ether oxygens (including phenoxy) is 1.